The fourth-order valence-corrected chi connectivity index (χ4v) is 1.19. The van der Waals surface area contributed by atoms with Gasteiger partial charge in [-0.3, -0.25) is 4.98 Å². The minimum absolute atomic E-state index is 0. The molecule has 1 aromatic rings. The van der Waals surface area contributed by atoms with Gasteiger partial charge in [0.15, 0.2) is 0 Å². The molecule has 14 heavy (non-hydrogen) atoms. The van der Waals surface area contributed by atoms with Gasteiger partial charge in [0, 0.05) is 11.9 Å². The van der Waals surface area contributed by atoms with E-state index in [2.05, 4.69) is 4.98 Å². The first-order valence-electron chi connectivity index (χ1n) is 4.07. The van der Waals surface area contributed by atoms with E-state index in [-0.39, 0.29) is 63.0 Å². The van der Waals surface area contributed by atoms with E-state index in [1.807, 2.05) is 0 Å². The predicted octanol–water partition coefficient (Wildman–Crippen LogP) is -0.737. The first-order valence-corrected chi connectivity index (χ1v) is 4.07. The molecule has 0 amide bonds. The summed E-state index contributed by atoms with van der Waals surface area (Å²) in [6.07, 6.45) is 1.39. The molecule has 6 heteroatoms. The van der Waals surface area contributed by atoms with E-state index in [1.165, 1.54) is 12.3 Å². The molecular formula is C8H10BF3KN. The zero-order chi connectivity index (χ0) is 10.1. The van der Waals surface area contributed by atoms with Crippen LogP contribution in [-0.2, 0) is 0 Å². The zero-order valence-corrected chi connectivity index (χ0v) is 11.6. The van der Waals surface area contributed by atoms with Gasteiger partial charge in [-0.2, -0.15) is 0 Å². The van der Waals surface area contributed by atoms with Gasteiger partial charge in [0.2, 0.25) is 0 Å². The second-order valence-electron chi connectivity index (χ2n) is 3.21. The van der Waals surface area contributed by atoms with Crippen molar-refractivity contribution < 1.29 is 64.3 Å². The number of aromatic nitrogens is 1. The first kappa shape index (κ1) is 14.6. The van der Waals surface area contributed by atoms with Crippen LogP contribution in [-0.4, -0.2) is 12.0 Å². The monoisotopic (exact) mass is 227 g/mol. The predicted molar refractivity (Wildman–Crippen MR) is 47.0 cm³/mol. The molecule has 0 aromatic carbocycles. The van der Waals surface area contributed by atoms with Gasteiger partial charge >= 0.3 is 58.4 Å². The van der Waals surface area contributed by atoms with Crippen LogP contribution in [0.2, 0.25) is 0 Å². The van der Waals surface area contributed by atoms with Crippen LogP contribution in [0.25, 0.3) is 0 Å². The summed E-state index contributed by atoms with van der Waals surface area (Å²) < 4.78 is 37.3. The Morgan fingerprint density at radius 3 is 2.21 bits per heavy atom. The molecule has 0 bridgehead atoms. The minimum Gasteiger partial charge on any atom is -0.445 e. The molecule has 1 rings (SSSR count). The molecule has 0 radical (unpaired) electrons. The van der Waals surface area contributed by atoms with Crippen molar-refractivity contribution in [3.8, 4) is 0 Å². The van der Waals surface area contributed by atoms with Crippen molar-refractivity contribution in [2.45, 2.75) is 19.8 Å². The second kappa shape index (κ2) is 5.65. The van der Waals surface area contributed by atoms with Crippen LogP contribution in [0.4, 0.5) is 12.9 Å². The Morgan fingerprint density at radius 1 is 1.29 bits per heavy atom. The fourth-order valence-electron chi connectivity index (χ4n) is 1.19. The molecule has 0 aliphatic rings. The molecule has 0 aliphatic heterocycles. The van der Waals surface area contributed by atoms with E-state index in [1.54, 1.807) is 13.8 Å². The van der Waals surface area contributed by atoms with Crippen LogP contribution >= 0.6 is 0 Å². The van der Waals surface area contributed by atoms with Crippen molar-refractivity contribution >= 4 is 12.4 Å². The molecule has 0 atom stereocenters. The Hall–Kier alpha value is 0.641. The SMILES string of the molecule is CC(C)c1ncccc1[B-](F)(F)F.[K+]. The second-order valence-corrected chi connectivity index (χ2v) is 3.21. The Kier molecular flexibility index (Phi) is 5.91. The average Bonchev–Trinajstić information content (AvgIpc) is 2.03. The van der Waals surface area contributed by atoms with Crippen molar-refractivity contribution in [3.63, 3.8) is 0 Å². The van der Waals surface area contributed by atoms with E-state index >= 15 is 0 Å². The molecule has 0 N–H and O–H groups in total. The van der Waals surface area contributed by atoms with Crippen molar-refractivity contribution in [1.82, 2.24) is 4.98 Å². The smallest absolute Gasteiger partial charge is 0.445 e. The van der Waals surface area contributed by atoms with Gasteiger partial charge in [0.05, 0.1) is 0 Å². The maximum Gasteiger partial charge on any atom is 1.00 e. The summed E-state index contributed by atoms with van der Waals surface area (Å²) in [6.45, 7) is -1.53. The zero-order valence-electron chi connectivity index (χ0n) is 8.47. The Labute approximate surface area is 124 Å². The Bertz CT molecular complexity index is 301. The molecule has 0 spiro atoms. The van der Waals surface area contributed by atoms with Crippen molar-refractivity contribution in [1.29, 1.82) is 0 Å². The van der Waals surface area contributed by atoms with Crippen LogP contribution < -0.4 is 56.8 Å². The molecule has 1 nitrogen and oxygen atoms in total. The summed E-state index contributed by atoms with van der Waals surface area (Å²) >= 11 is 0. The fraction of sp³-hybridized carbons (Fsp3) is 0.375. The summed E-state index contributed by atoms with van der Waals surface area (Å²) in [6, 6.07) is 2.40. The Morgan fingerprint density at radius 2 is 1.86 bits per heavy atom. The van der Waals surface area contributed by atoms with E-state index in [0.29, 0.717) is 0 Å². The number of pyridine rings is 1. The summed E-state index contributed by atoms with van der Waals surface area (Å²) in [5, 5.41) is 0. The average molecular weight is 227 g/mol. The van der Waals surface area contributed by atoms with Crippen LogP contribution in [0, 0.1) is 0 Å². The molecule has 0 saturated carbocycles. The van der Waals surface area contributed by atoms with Gasteiger partial charge < -0.3 is 12.9 Å². The maximum atomic E-state index is 12.4. The topological polar surface area (TPSA) is 12.9 Å². The third-order valence-corrected chi connectivity index (χ3v) is 1.77. The quantitative estimate of drug-likeness (QED) is 0.606. The van der Waals surface area contributed by atoms with E-state index in [9.17, 15) is 12.9 Å². The van der Waals surface area contributed by atoms with E-state index < -0.39 is 12.4 Å². The summed E-state index contributed by atoms with van der Waals surface area (Å²) in [5.74, 6) is -0.195. The van der Waals surface area contributed by atoms with Gasteiger partial charge in [-0.1, -0.05) is 25.4 Å². The van der Waals surface area contributed by atoms with Gasteiger partial charge in [-0.15, -0.1) is 0 Å². The molecule has 72 valence electrons. The van der Waals surface area contributed by atoms with Gasteiger partial charge in [-0.05, 0) is 12.0 Å². The number of hydrogen-bond donors (Lipinski definition) is 0. The van der Waals surface area contributed by atoms with Gasteiger partial charge in [0.1, 0.15) is 0 Å². The normalized spacial score (nSPS) is 11.3. The largest absolute Gasteiger partial charge is 1.00 e. The third kappa shape index (κ3) is 3.66. The van der Waals surface area contributed by atoms with Gasteiger partial charge in [-0.25, -0.2) is 0 Å². The molecule has 1 heterocycles. The Balaban J connectivity index is 0.00000169. The van der Waals surface area contributed by atoms with Crippen LogP contribution in [0.15, 0.2) is 18.3 Å². The van der Waals surface area contributed by atoms with Crippen molar-refractivity contribution in [2.75, 3.05) is 0 Å². The molecule has 0 aliphatic carbocycles. The molecule has 0 fully saturated rings. The van der Waals surface area contributed by atoms with Crippen LogP contribution in [0.3, 0.4) is 0 Å². The summed E-state index contributed by atoms with van der Waals surface area (Å²) in [4.78, 5) is 3.74. The van der Waals surface area contributed by atoms with E-state index in [4.69, 9.17) is 0 Å². The van der Waals surface area contributed by atoms with E-state index in [0.717, 1.165) is 6.07 Å². The third-order valence-electron chi connectivity index (χ3n) is 1.77. The van der Waals surface area contributed by atoms with Crippen LogP contribution in [0.5, 0.6) is 0 Å². The minimum atomic E-state index is -4.93. The number of rotatable bonds is 2. The maximum absolute atomic E-state index is 12.4. The van der Waals surface area contributed by atoms with Gasteiger partial charge in [0.25, 0.3) is 0 Å². The molecule has 0 unspecified atom stereocenters. The number of halogens is 3. The standard InChI is InChI=1S/C8H10BF3N.K/c1-6(2)8-7(9(10,11)12)4-3-5-13-8;/h3-6H,1-2H3;/q-1;+1. The molecule has 1 aromatic heterocycles. The number of hydrogen-bond acceptors (Lipinski definition) is 1. The first-order chi connectivity index (χ1) is 5.93. The summed E-state index contributed by atoms with van der Waals surface area (Å²) in [7, 11) is 0. The van der Waals surface area contributed by atoms with Crippen LogP contribution in [0.1, 0.15) is 25.5 Å². The molecule has 0 saturated heterocycles. The van der Waals surface area contributed by atoms with Crippen molar-refractivity contribution in [2.24, 2.45) is 0 Å². The number of nitrogens with zero attached hydrogens (tertiary/aromatic N) is 1. The summed E-state index contributed by atoms with van der Waals surface area (Å²) in [5.41, 5.74) is -0.437. The van der Waals surface area contributed by atoms with Crippen molar-refractivity contribution in [3.05, 3.63) is 24.0 Å². The molecular weight excluding hydrogens is 217 g/mol.